The summed E-state index contributed by atoms with van der Waals surface area (Å²) >= 11 is 7.69. The fourth-order valence-electron chi connectivity index (χ4n) is 3.08. The minimum absolute atomic E-state index is 0.405. The smallest absolute Gasteiger partial charge is 0.113 e. The minimum atomic E-state index is 0.405. The van der Waals surface area contributed by atoms with E-state index < -0.39 is 0 Å². The number of likely N-dealkylation sites (tertiary alicyclic amines) is 1. The van der Waals surface area contributed by atoms with E-state index in [0.717, 1.165) is 16.9 Å². The average molecular weight is 286 g/mol. The molecule has 2 unspecified atom stereocenters. The molecule has 2 fully saturated rings. The van der Waals surface area contributed by atoms with Gasteiger partial charge in [0.1, 0.15) is 9.34 Å². The Bertz CT molecular complexity index is 405. The first kappa shape index (κ1) is 12.9. The molecule has 2 atom stereocenters. The first-order chi connectivity index (χ1) is 8.79. The van der Waals surface area contributed by atoms with Gasteiger partial charge in [-0.1, -0.05) is 18.0 Å². The summed E-state index contributed by atoms with van der Waals surface area (Å²) < 4.78 is 0.792. The molecule has 1 aliphatic carbocycles. The highest BCUT2D eigenvalue weighted by molar-refractivity contribution is 7.15. The fourth-order valence-corrected chi connectivity index (χ4v) is 4.22. The normalized spacial score (nSPS) is 30.3. The standard InChI is InChI=1S/C13H20ClN3S/c14-11-8-16-13(18-11)12-9(7-15)3-1-2-6-17(12)10-4-5-10/h8-10,12H,1-7,15H2. The van der Waals surface area contributed by atoms with E-state index in [4.69, 9.17) is 17.3 Å². The van der Waals surface area contributed by atoms with Gasteiger partial charge in [-0.3, -0.25) is 4.90 Å². The van der Waals surface area contributed by atoms with Crippen molar-refractivity contribution >= 4 is 22.9 Å². The number of aromatic nitrogens is 1. The Morgan fingerprint density at radius 2 is 2.22 bits per heavy atom. The maximum Gasteiger partial charge on any atom is 0.113 e. The molecule has 100 valence electrons. The van der Waals surface area contributed by atoms with Crippen molar-refractivity contribution in [1.29, 1.82) is 0 Å². The summed E-state index contributed by atoms with van der Waals surface area (Å²) in [6.07, 6.45) is 8.27. The molecule has 2 heterocycles. The molecule has 1 saturated heterocycles. The Kier molecular flexibility index (Phi) is 3.89. The van der Waals surface area contributed by atoms with Gasteiger partial charge in [-0.15, -0.1) is 11.3 Å². The van der Waals surface area contributed by atoms with Gasteiger partial charge >= 0.3 is 0 Å². The summed E-state index contributed by atoms with van der Waals surface area (Å²) in [5, 5.41) is 1.17. The van der Waals surface area contributed by atoms with Crippen LogP contribution in [0.15, 0.2) is 6.20 Å². The van der Waals surface area contributed by atoms with Crippen LogP contribution in [0.2, 0.25) is 4.34 Å². The maximum atomic E-state index is 6.06. The van der Waals surface area contributed by atoms with Crippen LogP contribution in [0.1, 0.15) is 43.2 Å². The molecule has 0 amide bonds. The van der Waals surface area contributed by atoms with Crippen molar-refractivity contribution < 1.29 is 0 Å². The van der Waals surface area contributed by atoms with E-state index >= 15 is 0 Å². The van der Waals surface area contributed by atoms with E-state index in [1.54, 1.807) is 17.5 Å². The Labute approximate surface area is 117 Å². The highest BCUT2D eigenvalue weighted by Crippen LogP contribution is 2.43. The number of thiazole rings is 1. The summed E-state index contributed by atoms with van der Waals surface area (Å²) in [5.74, 6) is 0.537. The van der Waals surface area contributed by atoms with E-state index in [-0.39, 0.29) is 0 Å². The highest BCUT2D eigenvalue weighted by atomic mass is 35.5. The first-order valence-electron chi connectivity index (χ1n) is 6.86. The Morgan fingerprint density at radius 3 is 2.83 bits per heavy atom. The van der Waals surface area contributed by atoms with Gasteiger partial charge in [0.15, 0.2) is 0 Å². The molecule has 1 aliphatic heterocycles. The van der Waals surface area contributed by atoms with Gasteiger partial charge in [0, 0.05) is 6.04 Å². The third kappa shape index (κ3) is 2.57. The summed E-state index contributed by atoms with van der Waals surface area (Å²) in [4.78, 5) is 7.18. The monoisotopic (exact) mass is 285 g/mol. The van der Waals surface area contributed by atoms with Crippen molar-refractivity contribution in [2.75, 3.05) is 13.1 Å². The van der Waals surface area contributed by atoms with E-state index in [1.807, 2.05) is 0 Å². The molecule has 5 heteroatoms. The zero-order valence-electron chi connectivity index (χ0n) is 10.5. The van der Waals surface area contributed by atoms with Crippen LogP contribution < -0.4 is 5.73 Å². The lowest BCUT2D eigenvalue weighted by Gasteiger charge is -2.33. The molecule has 1 aromatic heterocycles. The molecule has 0 aromatic carbocycles. The van der Waals surface area contributed by atoms with E-state index in [9.17, 15) is 0 Å². The van der Waals surface area contributed by atoms with Crippen LogP contribution >= 0.6 is 22.9 Å². The molecule has 0 bridgehead atoms. The van der Waals surface area contributed by atoms with Crippen molar-refractivity contribution in [3.8, 4) is 0 Å². The molecule has 2 aliphatic rings. The second-order valence-corrected chi connectivity index (χ2v) is 7.10. The number of halogens is 1. The second kappa shape index (κ2) is 5.45. The summed E-state index contributed by atoms with van der Waals surface area (Å²) in [6, 6.07) is 1.17. The molecular formula is C13H20ClN3S. The molecule has 1 saturated carbocycles. The lowest BCUT2D eigenvalue weighted by Crippen LogP contribution is -2.37. The molecule has 18 heavy (non-hydrogen) atoms. The lowest BCUT2D eigenvalue weighted by atomic mass is 9.95. The molecule has 0 spiro atoms. The van der Waals surface area contributed by atoms with Crippen LogP contribution in [0.4, 0.5) is 0 Å². The van der Waals surface area contributed by atoms with Crippen LogP contribution in [0, 0.1) is 5.92 Å². The van der Waals surface area contributed by atoms with Crippen molar-refractivity contribution in [2.24, 2.45) is 11.7 Å². The van der Waals surface area contributed by atoms with Crippen LogP contribution in [-0.4, -0.2) is 29.0 Å². The minimum Gasteiger partial charge on any atom is -0.330 e. The van der Waals surface area contributed by atoms with Gasteiger partial charge < -0.3 is 5.73 Å². The number of nitrogens with two attached hydrogens (primary N) is 1. The molecule has 2 N–H and O–H groups in total. The van der Waals surface area contributed by atoms with E-state index in [2.05, 4.69) is 9.88 Å². The molecule has 3 nitrogen and oxygen atoms in total. The van der Waals surface area contributed by atoms with Crippen molar-refractivity contribution in [3.63, 3.8) is 0 Å². The molecule has 3 rings (SSSR count). The maximum absolute atomic E-state index is 6.06. The van der Waals surface area contributed by atoms with Crippen LogP contribution in [-0.2, 0) is 0 Å². The van der Waals surface area contributed by atoms with Gasteiger partial charge in [0.25, 0.3) is 0 Å². The van der Waals surface area contributed by atoms with Crippen LogP contribution in [0.5, 0.6) is 0 Å². The number of hydrogen-bond acceptors (Lipinski definition) is 4. The third-order valence-electron chi connectivity index (χ3n) is 4.11. The second-order valence-electron chi connectivity index (χ2n) is 5.41. The predicted molar refractivity (Wildman–Crippen MR) is 76.0 cm³/mol. The van der Waals surface area contributed by atoms with Crippen LogP contribution in [0.3, 0.4) is 0 Å². The zero-order valence-corrected chi connectivity index (χ0v) is 12.1. The van der Waals surface area contributed by atoms with Gasteiger partial charge in [-0.25, -0.2) is 4.98 Å². The quantitative estimate of drug-likeness (QED) is 0.928. The average Bonchev–Trinajstić information content (AvgIpc) is 3.14. The van der Waals surface area contributed by atoms with Gasteiger partial charge in [0.2, 0.25) is 0 Å². The summed E-state index contributed by atoms with van der Waals surface area (Å²) in [7, 11) is 0. The predicted octanol–water partition coefficient (Wildman–Crippen LogP) is 3.06. The lowest BCUT2D eigenvalue weighted by molar-refractivity contribution is 0.149. The van der Waals surface area contributed by atoms with E-state index in [1.165, 1.54) is 43.7 Å². The number of nitrogens with zero attached hydrogens (tertiary/aromatic N) is 2. The van der Waals surface area contributed by atoms with Gasteiger partial charge in [-0.2, -0.15) is 0 Å². The van der Waals surface area contributed by atoms with Gasteiger partial charge in [-0.05, 0) is 44.7 Å². The van der Waals surface area contributed by atoms with Crippen LogP contribution in [0.25, 0.3) is 0 Å². The first-order valence-corrected chi connectivity index (χ1v) is 8.06. The molecule has 1 aromatic rings. The third-order valence-corrected chi connectivity index (χ3v) is 5.30. The van der Waals surface area contributed by atoms with Crippen molar-refractivity contribution in [3.05, 3.63) is 15.5 Å². The SMILES string of the molecule is NCC1CCCCN(C2CC2)C1c1ncc(Cl)s1. The fraction of sp³-hybridized carbons (Fsp3) is 0.769. The Morgan fingerprint density at radius 1 is 1.39 bits per heavy atom. The summed E-state index contributed by atoms with van der Waals surface area (Å²) in [6.45, 7) is 1.95. The van der Waals surface area contributed by atoms with Crippen molar-refractivity contribution in [1.82, 2.24) is 9.88 Å². The van der Waals surface area contributed by atoms with E-state index in [0.29, 0.717) is 12.0 Å². The summed E-state index contributed by atoms with van der Waals surface area (Å²) in [5.41, 5.74) is 6.01. The Hall–Kier alpha value is -0.160. The topological polar surface area (TPSA) is 42.1 Å². The zero-order chi connectivity index (χ0) is 12.5. The van der Waals surface area contributed by atoms with Crippen molar-refractivity contribution in [2.45, 2.75) is 44.2 Å². The number of rotatable bonds is 3. The Balaban J connectivity index is 1.90. The largest absolute Gasteiger partial charge is 0.330 e. The highest BCUT2D eigenvalue weighted by Gasteiger charge is 2.40. The number of hydrogen-bond donors (Lipinski definition) is 1. The molecule has 0 radical (unpaired) electrons. The molecular weight excluding hydrogens is 266 g/mol. The van der Waals surface area contributed by atoms with Gasteiger partial charge in [0.05, 0.1) is 12.2 Å².